The van der Waals surface area contributed by atoms with Gasteiger partial charge in [-0.15, -0.1) is 11.3 Å². The van der Waals surface area contributed by atoms with Gasteiger partial charge in [-0.2, -0.15) is 4.98 Å². The van der Waals surface area contributed by atoms with Crippen LogP contribution in [-0.4, -0.2) is 15.1 Å². The van der Waals surface area contributed by atoms with E-state index in [-0.39, 0.29) is 6.61 Å². The van der Waals surface area contributed by atoms with Gasteiger partial charge in [0.15, 0.2) is 18.2 Å². The first-order chi connectivity index (χ1) is 17.7. The third-order valence-electron chi connectivity index (χ3n) is 5.83. The van der Waals surface area contributed by atoms with Crippen LogP contribution in [0.3, 0.4) is 0 Å². The van der Waals surface area contributed by atoms with Gasteiger partial charge >= 0.3 is 0 Å². The van der Waals surface area contributed by atoms with Gasteiger partial charge in [0.1, 0.15) is 10.5 Å². The summed E-state index contributed by atoms with van der Waals surface area (Å²) in [4.78, 5) is 10.5. The fourth-order valence-electron chi connectivity index (χ4n) is 4.04. The SMILES string of the molecule is Cc1ccc(-c2cc(COc3nc(-c4ccccc4)nc4scc(-c5ccccc5)c34)on2)c(Cl)c1. The zero-order valence-corrected chi connectivity index (χ0v) is 20.9. The molecule has 0 aliphatic rings. The molecule has 5 nitrogen and oxygen atoms in total. The molecule has 0 unspecified atom stereocenters. The van der Waals surface area contributed by atoms with Crippen LogP contribution in [0.25, 0.3) is 44.0 Å². The van der Waals surface area contributed by atoms with Crippen molar-refractivity contribution in [1.29, 1.82) is 0 Å². The van der Waals surface area contributed by atoms with Gasteiger partial charge < -0.3 is 9.26 Å². The predicted molar refractivity (Wildman–Crippen MR) is 144 cm³/mol. The molecule has 7 heteroatoms. The van der Waals surface area contributed by atoms with Crippen molar-refractivity contribution in [3.05, 3.63) is 107 Å². The summed E-state index contributed by atoms with van der Waals surface area (Å²) >= 11 is 8.00. The Morgan fingerprint density at radius 3 is 2.36 bits per heavy atom. The minimum absolute atomic E-state index is 0.168. The third kappa shape index (κ3) is 4.37. The standard InChI is InChI=1S/C29H20ClN3O2S/c1-18-12-13-22(24(30)14-18)25-15-21(35-33-25)16-34-28-26-23(19-8-4-2-5-9-19)17-36-29(26)32-27(31-28)20-10-6-3-7-11-20/h2-15,17H,16H2,1H3. The van der Waals surface area contributed by atoms with E-state index in [2.05, 4.69) is 22.7 Å². The highest BCUT2D eigenvalue weighted by molar-refractivity contribution is 7.17. The first-order valence-electron chi connectivity index (χ1n) is 11.4. The van der Waals surface area contributed by atoms with Crippen LogP contribution >= 0.6 is 22.9 Å². The molecule has 0 saturated carbocycles. The molecular formula is C29H20ClN3O2S. The Labute approximate surface area is 217 Å². The summed E-state index contributed by atoms with van der Waals surface area (Å²) in [6.07, 6.45) is 0. The molecule has 0 N–H and O–H groups in total. The Kier molecular flexibility index (Phi) is 5.97. The van der Waals surface area contributed by atoms with E-state index in [1.165, 1.54) is 0 Å². The number of hydrogen-bond donors (Lipinski definition) is 0. The molecule has 3 aromatic heterocycles. The molecule has 0 fully saturated rings. The molecule has 0 aliphatic carbocycles. The van der Waals surface area contributed by atoms with E-state index in [0.29, 0.717) is 28.2 Å². The van der Waals surface area contributed by atoms with E-state index in [0.717, 1.165) is 38.0 Å². The number of fused-ring (bicyclic) bond motifs is 1. The number of rotatable bonds is 6. The van der Waals surface area contributed by atoms with Crippen molar-refractivity contribution >= 4 is 33.2 Å². The Balaban J connectivity index is 1.38. The highest BCUT2D eigenvalue weighted by atomic mass is 35.5. The van der Waals surface area contributed by atoms with Gasteiger partial charge in [0.25, 0.3) is 0 Å². The van der Waals surface area contributed by atoms with Gasteiger partial charge in [0.2, 0.25) is 5.88 Å². The maximum absolute atomic E-state index is 6.42. The second-order valence-electron chi connectivity index (χ2n) is 8.36. The summed E-state index contributed by atoms with van der Waals surface area (Å²) in [7, 11) is 0. The van der Waals surface area contributed by atoms with Gasteiger partial charge in [0.05, 0.1) is 10.4 Å². The number of aromatic nitrogens is 3. The van der Waals surface area contributed by atoms with Crippen LogP contribution in [0.1, 0.15) is 11.3 Å². The minimum Gasteiger partial charge on any atom is -0.469 e. The molecule has 6 aromatic rings. The maximum atomic E-state index is 6.42. The topological polar surface area (TPSA) is 61.0 Å². The van der Waals surface area contributed by atoms with Crippen LogP contribution in [0, 0.1) is 6.92 Å². The summed E-state index contributed by atoms with van der Waals surface area (Å²) in [5, 5.41) is 7.81. The number of nitrogens with zero attached hydrogens (tertiary/aromatic N) is 3. The molecule has 0 radical (unpaired) electrons. The lowest BCUT2D eigenvalue weighted by atomic mass is 10.1. The van der Waals surface area contributed by atoms with Crippen LogP contribution in [0.5, 0.6) is 5.88 Å². The summed E-state index contributed by atoms with van der Waals surface area (Å²) < 4.78 is 11.9. The van der Waals surface area contributed by atoms with Crippen molar-refractivity contribution in [3.63, 3.8) is 0 Å². The second kappa shape index (κ2) is 9.57. The normalized spacial score (nSPS) is 11.2. The second-order valence-corrected chi connectivity index (χ2v) is 9.63. The van der Waals surface area contributed by atoms with E-state index < -0.39 is 0 Å². The zero-order valence-electron chi connectivity index (χ0n) is 19.3. The first-order valence-corrected chi connectivity index (χ1v) is 12.7. The summed E-state index contributed by atoms with van der Waals surface area (Å²) in [5.74, 6) is 1.70. The number of benzene rings is 3. The molecule has 0 spiro atoms. The molecule has 0 aliphatic heterocycles. The lowest BCUT2D eigenvalue weighted by Gasteiger charge is -2.09. The quantitative estimate of drug-likeness (QED) is 0.226. The number of thiophene rings is 1. The van der Waals surface area contributed by atoms with Crippen LogP contribution in [0.15, 0.2) is 94.8 Å². The fraction of sp³-hybridized carbons (Fsp3) is 0.0690. The van der Waals surface area contributed by atoms with Crippen molar-refractivity contribution in [2.75, 3.05) is 0 Å². The number of hydrogen-bond acceptors (Lipinski definition) is 6. The third-order valence-corrected chi connectivity index (χ3v) is 7.01. The van der Waals surface area contributed by atoms with Crippen molar-refractivity contribution in [1.82, 2.24) is 15.1 Å². The molecule has 0 saturated heterocycles. The molecule has 3 heterocycles. The number of ether oxygens (including phenoxy) is 1. The Morgan fingerprint density at radius 1 is 0.861 bits per heavy atom. The monoisotopic (exact) mass is 509 g/mol. The van der Waals surface area contributed by atoms with E-state index in [1.54, 1.807) is 11.3 Å². The summed E-state index contributed by atoms with van der Waals surface area (Å²) in [6.45, 7) is 2.17. The largest absolute Gasteiger partial charge is 0.469 e. The van der Waals surface area contributed by atoms with E-state index in [1.807, 2.05) is 79.7 Å². The maximum Gasteiger partial charge on any atom is 0.227 e. The molecular weight excluding hydrogens is 490 g/mol. The zero-order chi connectivity index (χ0) is 24.5. The average Bonchev–Trinajstić information content (AvgIpc) is 3.56. The molecule has 0 bridgehead atoms. The molecule has 3 aromatic carbocycles. The number of aryl methyl sites for hydroxylation is 1. The fourth-order valence-corrected chi connectivity index (χ4v) is 5.31. The lowest BCUT2D eigenvalue weighted by Crippen LogP contribution is -2.00. The van der Waals surface area contributed by atoms with Crippen LogP contribution < -0.4 is 4.74 Å². The van der Waals surface area contributed by atoms with E-state index in [9.17, 15) is 0 Å². The molecule has 176 valence electrons. The van der Waals surface area contributed by atoms with Gasteiger partial charge in [-0.05, 0) is 24.1 Å². The van der Waals surface area contributed by atoms with Crippen LogP contribution in [0.2, 0.25) is 5.02 Å². The highest BCUT2D eigenvalue weighted by Crippen LogP contribution is 2.39. The van der Waals surface area contributed by atoms with E-state index in [4.69, 9.17) is 30.8 Å². The van der Waals surface area contributed by atoms with Gasteiger partial charge in [-0.1, -0.05) is 89.6 Å². The Morgan fingerprint density at radius 2 is 1.61 bits per heavy atom. The minimum atomic E-state index is 0.168. The van der Waals surface area contributed by atoms with Crippen molar-refractivity contribution < 1.29 is 9.26 Å². The molecule has 36 heavy (non-hydrogen) atoms. The van der Waals surface area contributed by atoms with Crippen LogP contribution in [-0.2, 0) is 6.61 Å². The molecule has 0 atom stereocenters. The first kappa shape index (κ1) is 22.5. The van der Waals surface area contributed by atoms with Crippen molar-refractivity contribution in [2.45, 2.75) is 13.5 Å². The predicted octanol–water partition coefficient (Wildman–Crippen LogP) is 8.22. The van der Waals surface area contributed by atoms with Crippen molar-refractivity contribution in [2.24, 2.45) is 0 Å². The smallest absolute Gasteiger partial charge is 0.227 e. The number of halogens is 1. The Hall–Kier alpha value is -4.00. The van der Waals surface area contributed by atoms with Crippen LogP contribution in [0.4, 0.5) is 0 Å². The van der Waals surface area contributed by atoms with Gasteiger partial charge in [-0.3, -0.25) is 0 Å². The van der Waals surface area contributed by atoms with E-state index >= 15 is 0 Å². The van der Waals surface area contributed by atoms with Gasteiger partial charge in [-0.25, -0.2) is 4.98 Å². The highest BCUT2D eigenvalue weighted by Gasteiger charge is 2.18. The van der Waals surface area contributed by atoms with Gasteiger partial charge in [0, 0.05) is 28.1 Å². The molecule has 6 rings (SSSR count). The lowest BCUT2D eigenvalue weighted by molar-refractivity contribution is 0.244. The van der Waals surface area contributed by atoms with Crippen molar-refractivity contribution in [3.8, 4) is 39.7 Å². The average molecular weight is 510 g/mol. The molecule has 0 amide bonds. The summed E-state index contributed by atoms with van der Waals surface area (Å²) in [5.41, 5.74) is 5.61. The Bertz CT molecular complexity index is 1660. The summed E-state index contributed by atoms with van der Waals surface area (Å²) in [6, 6.07) is 27.8.